The van der Waals surface area contributed by atoms with Gasteiger partial charge in [-0.1, -0.05) is 65.5 Å². The van der Waals surface area contributed by atoms with Crippen LogP contribution in [0.4, 0.5) is 4.79 Å². The number of nitrogens with zero attached hydrogens (tertiary/aromatic N) is 1. The van der Waals surface area contributed by atoms with E-state index in [9.17, 15) is 33.9 Å². The van der Waals surface area contributed by atoms with Crippen LogP contribution in [0.5, 0.6) is 0 Å². The molecular formula is C40H63N3O9S. The number of carbonyl (C=O) groups excluding carboxylic acids is 4. The number of hydrogen-bond acceptors (Lipinski definition) is 9. The highest BCUT2D eigenvalue weighted by molar-refractivity contribution is 8.00. The molecule has 0 aromatic carbocycles. The Morgan fingerprint density at radius 1 is 1.00 bits per heavy atom. The average molecular weight is 762 g/mol. The van der Waals surface area contributed by atoms with Crippen LogP contribution in [0, 0.1) is 46.3 Å². The van der Waals surface area contributed by atoms with Gasteiger partial charge in [0.05, 0.1) is 5.75 Å². The highest BCUT2D eigenvalue weighted by Gasteiger charge is 2.60. The van der Waals surface area contributed by atoms with Gasteiger partial charge in [-0.2, -0.15) is 11.8 Å². The van der Waals surface area contributed by atoms with Crippen molar-refractivity contribution < 1.29 is 43.7 Å². The molecule has 3 fully saturated rings. The second-order valence-electron chi connectivity index (χ2n) is 17.4. The fourth-order valence-corrected chi connectivity index (χ4v) is 11.4. The summed E-state index contributed by atoms with van der Waals surface area (Å²) in [7, 11) is 1.03. The number of aliphatic carboxylic acids is 1. The molecule has 298 valence electrons. The molecular weight excluding hydrogens is 699 g/mol. The summed E-state index contributed by atoms with van der Waals surface area (Å²) in [5, 5.41) is 20.6. The Balaban J connectivity index is 1.30. The molecule has 3 saturated carbocycles. The summed E-state index contributed by atoms with van der Waals surface area (Å²) in [5.74, 6) is -1.00. The number of ether oxygens (including phenoxy) is 1. The molecule has 10 unspecified atom stereocenters. The Labute approximate surface area is 319 Å². The van der Waals surface area contributed by atoms with Crippen molar-refractivity contribution in [3.8, 4) is 0 Å². The van der Waals surface area contributed by atoms with E-state index in [0.717, 1.165) is 55.3 Å². The molecule has 53 heavy (non-hydrogen) atoms. The van der Waals surface area contributed by atoms with Crippen molar-refractivity contribution in [3.05, 3.63) is 11.6 Å². The number of carboxylic acids is 1. The molecule has 0 aliphatic heterocycles. The van der Waals surface area contributed by atoms with Gasteiger partial charge >= 0.3 is 18.0 Å². The lowest BCUT2D eigenvalue weighted by Crippen LogP contribution is -2.52. The van der Waals surface area contributed by atoms with Crippen molar-refractivity contribution in [1.82, 2.24) is 10.2 Å². The Morgan fingerprint density at radius 3 is 2.38 bits per heavy atom. The van der Waals surface area contributed by atoms with E-state index in [1.165, 1.54) is 50.5 Å². The van der Waals surface area contributed by atoms with Crippen LogP contribution in [0.25, 0.3) is 0 Å². The highest BCUT2D eigenvalue weighted by atomic mass is 32.2. The maximum atomic E-state index is 12.9. The van der Waals surface area contributed by atoms with E-state index in [0.29, 0.717) is 35.0 Å². The topological polar surface area (TPSA) is 193 Å². The molecule has 0 aromatic heterocycles. The van der Waals surface area contributed by atoms with Crippen molar-refractivity contribution in [3.63, 3.8) is 0 Å². The average Bonchev–Trinajstić information content (AvgIpc) is 3.42. The Kier molecular flexibility index (Phi) is 14.6. The van der Waals surface area contributed by atoms with E-state index in [4.69, 9.17) is 15.6 Å². The van der Waals surface area contributed by atoms with Gasteiger partial charge in [-0.3, -0.25) is 19.2 Å². The van der Waals surface area contributed by atoms with Crippen LogP contribution in [0.3, 0.4) is 0 Å². The zero-order valence-electron chi connectivity index (χ0n) is 32.6. The Morgan fingerprint density at radius 2 is 1.72 bits per heavy atom. The van der Waals surface area contributed by atoms with Gasteiger partial charge in [-0.25, -0.2) is 14.5 Å². The minimum Gasteiger partial charge on any atom is -0.480 e. The first kappa shape index (κ1) is 42.8. The smallest absolute Gasteiger partial charge is 0.413 e. The van der Waals surface area contributed by atoms with E-state index >= 15 is 0 Å². The maximum absolute atomic E-state index is 12.9. The number of nitrogens with one attached hydrogen (secondary N) is 1. The van der Waals surface area contributed by atoms with Crippen LogP contribution in [0.1, 0.15) is 118 Å². The molecule has 0 saturated heterocycles. The quantitative estimate of drug-likeness (QED) is 0.0766. The number of carboxylic acid groups (broad SMARTS) is 2. The van der Waals surface area contributed by atoms with Gasteiger partial charge in [-0.05, 0) is 97.7 Å². The molecule has 0 heterocycles. The number of esters is 1. The fourth-order valence-electron chi connectivity index (χ4n) is 10.5. The predicted octanol–water partition coefficient (Wildman–Crippen LogP) is 6.06. The summed E-state index contributed by atoms with van der Waals surface area (Å²) in [6.45, 7) is 12.2. The number of fused-ring (bicyclic) bond motifs is 4. The first-order valence-electron chi connectivity index (χ1n) is 19.7. The molecule has 12 nitrogen and oxygen atoms in total. The van der Waals surface area contributed by atoms with Gasteiger partial charge in [0.15, 0.2) is 0 Å². The number of hydrogen-bond donors (Lipinski definition) is 4. The van der Waals surface area contributed by atoms with Gasteiger partial charge in [0, 0.05) is 25.6 Å². The summed E-state index contributed by atoms with van der Waals surface area (Å²) in [4.78, 5) is 73.8. The zero-order valence-corrected chi connectivity index (χ0v) is 33.4. The number of amides is 3. The van der Waals surface area contributed by atoms with Crippen molar-refractivity contribution in [2.45, 2.75) is 136 Å². The van der Waals surface area contributed by atoms with E-state index in [2.05, 4.69) is 46.0 Å². The number of nitrogens with two attached hydrogens (primary N) is 1. The van der Waals surface area contributed by atoms with Crippen LogP contribution in [0.2, 0.25) is 0 Å². The van der Waals surface area contributed by atoms with Crippen molar-refractivity contribution >= 4 is 47.4 Å². The molecule has 4 aliphatic rings. The summed E-state index contributed by atoms with van der Waals surface area (Å²) in [5.41, 5.74) is 7.37. The maximum Gasteiger partial charge on any atom is 0.413 e. The van der Waals surface area contributed by atoms with Crippen LogP contribution in [0.15, 0.2) is 11.6 Å². The molecule has 0 bridgehead atoms. The third kappa shape index (κ3) is 10.2. The number of imide groups is 1. The lowest BCUT2D eigenvalue weighted by Gasteiger charge is -2.60. The van der Waals surface area contributed by atoms with Crippen molar-refractivity contribution in [1.29, 1.82) is 0 Å². The lowest BCUT2D eigenvalue weighted by atomic mass is 9.45. The standard InChI is InChI=1S/C40H63N3O9S/c1-23(2)8-7-9-24(3)29-14-12-27-19-26-11-10-25-18-28(13-15-30(25)40(26,5)22-39(27,29)4)52-37(49)33(44)21-53-20-32(35(46)43(6)38(50)51)42-34(45)17-16-31(41)36(47)48/h10,23-24,26-32H,7-9,11-22,41H2,1-6H3,(H,42,45)(H,47,48)(H,50,51). The monoisotopic (exact) mass is 761 g/mol. The van der Waals surface area contributed by atoms with E-state index in [1.807, 2.05) is 0 Å². The largest absolute Gasteiger partial charge is 0.480 e. The third-order valence-corrected chi connectivity index (χ3v) is 14.5. The molecule has 0 spiro atoms. The number of likely N-dealkylation sites (N-methyl/N-ethyl adjacent to an activating group) is 1. The summed E-state index contributed by atoms with van der Waals surface area (Å²) in [6, 6.07) is -2.61. The minimum atomic E-state index is -1.54. The van der Waals surface area contributed by atoms with Crippen LogP contribution < -0.4 is 11.1 Å². The van der Waals surface area contributed by atoms with Crippen LogP contribution >= 0.6 is 11.8 Å². The van der Waals surface area contributed by atoms with E-state index < -0.39 is 47.7 Å². The zero-order chi connectivity index (χ0) is 39.2. The molecule has 5 N–H and O–H groups in total. The second-order valence-corrected chi connectivity index (χ2v) is 18.4. The SMILES string of the molecule is CC(C)CCCC(C)C1CCC2CC3CC=C4CC(OC(=O)C(=O)CSCC(NC(=O)CCC(N)C(=O)O)C(=O)N(C)C(=O)O)CCC4C3(C)CC21C. The van der Waals surface area contributed by atoms with Gasteiger partial charge < -0.3 is 26.0 Å². The number of Topliss-reactive ketones (excluding diaryl/α,β-unsaturated/α-hetero) is 1. The first-order valence-corrected chi connectivity index (χ1v) is 20.8. The normalized spacial score (nSPS) is 30.8. The minimum absolute atomic E-state index is 0.189. The molecule has 13 heteroatoms. The van der Waals surface area contributed by atoms with E-state index in [1.54, 1.807) is 0 Å². The summed E-state index contributed by atoms with van der Waals surface area (Å²) in [6.07, 6.45) is 12.4. The van der Waals surface area contributed by atoms with E-state index in [-0.39, 0.29) is 35.9 Å². The van der Waals surface area contributed by atoms with Crippen LogP contribution in [-0.2, 0) is 28.7 Å². The second kappa shape index (κ2) is 18.1. The summed E-state index contributed by atoms with van der Waals surface area (Å²) < 4.78 is 5.75. The van der Waals surface area contributed by atoms with Crippen LogP contribution in [-0.4, -0.2) is 87.5 Å². The number of allylic oxidation sites excluding steroid dienone is 1. The molecule has 10 atom stereocenters. The van der Waals surface area contributed by atoms with Gasteiger partial charge in [-0.15, -0.1) is 0 Å². The first-order chi connectivity index (χ1) is 24.9. The fraction of sp³-hybridized carbons (Fsp3) is 0.800. The number of carbonyl (C=O) groups is 6. The summed E-state index contributed by atoms with van der Waals surface area (Å²) >= 11 is 0.897. The van der Waals surface area contributed by atoms with Gasteiger partial charge in [0.1, 0.15) is 18.2 Å². The molecule has 0 radical (unpaired) electrons. The number of rotatable bonds is 17. The highest BCUT2D eigenvalue weighted by Crippen LogP contribution is 2.68. The predicted molar refractivity (Wildman–Crippen MR) is 203 cm³/mol. The Bertz CT molecular complexity index is 1420. The molecule has 4 rings (SSSR count). The lowest BCUT2D eigenvalue weighted by molar-refractivity contribution is -0.158. The van der Waals surface area contributed by atoms with Crippen molar-refractivity contribution in [2.24, 2.45) is 52.1 Å². The van der Waals surface area contributed by atoms with Gasteiger partial charge in [0.25, 0.3) is 5.91 Å². The van der Waals surface area contributed by atoms with Crippen molar-refractivity contribution in [2.75, 3.05) is 18.6 Å². The number of thioether (sulfide) groups is 1. The number of ketones is 1. The molecule has 3 amide bonds. The molecule has 4 aliphatic carbocycles. The van der Waals surface area contributed by atoms with Gasteiger partial charge in [0.2, 0.25) is 11.7 Å². The Hall–Kier alpha value is -2.93. The molecule has 0 aromatic rings. The third-order valence-electron chi connectivity index (χ3n) is 13.4.